The number of nitrogen functional groups attached to an aromatic ring is 1. The third-order valence-corrected chi connectivity index (χ3v) is 5.31. The first-order valence-corrected chi connectivity index (χ1v) is 8.27. The zero-order valence-corrected chi connectivity index (χ0v) is 10.7. The Hall–Kier alpha value is -1.34. The van der Waals surface area contributed by atoms with Gasteiger partial charge >= 0.3 is 0 Å². The van der Waals surface area contributed by atoms with Crippen LogP contribution in [0, 0.1) is 0 Å². The summed E-state index contributed by atoms with van der Waals surface area (Å²) < 4.78 is 46.3. The van der Waals surface area contributed by atoms with Crippen LogP contribution in [0.5, 0.6) is 0 Å². The van der Waals surface area contributed by atoms with Crippen molar-refractivity contribution in [3.05, 3.63) is 28.7 Å². The van der Waals surface area contributed by atoms with Gasteiger partial charge in [-0.1, -0.05) is 0 Å². The fourth-order valence-corrected chi connectivity index (χ4v) is 4.80. The highest BCUT2D eigenvalue weighted by Crippen LogP contribution is 2.34. The van der Waals surface area contributed by atoms with Crippen LogP contribution in [0.15, 0.2) is 28.0 Å². The molecule has 0 saturated carbocycles. The molecular weight excluding hydrogens is 262 g/mol. The molecule has 0 aromatic heterocycles. The second kappa shape index (κ2) is 3.58. The quantitative estimate of drug-likeness (QED) is 0.789. The number of nitrogens with two attached hydrogens (primary N) is 1. The molecule has 0 atom stereocenters. The van der Waals surface area contributed by atoms with Crippen molar-refractivity contribution in [2.75, 3.05) is 17.7 Å². The van der Waals surface area contributed by atoms with Crippen molar-refractivity contribution >= 4 is 31.4 Å². The molecule has 0 unspecified atom stereocenters. The summed E-state index contributed by atoms with van der Waals surface area (Å²) in [7, 11) is -7.06. The van der Waals surface area contributed by atoms with Gasteiger partial charge in [-0.2, -0.15) is 0 Å². The molecule has 0 fully saturated rings. The molecule has 1 aromatic carbocycles. The second-order valence-corrected chi connectivity index (χ2v) is 8.09. The van der Waals surface area contributed by atoms with Crippen molar-refractivity contribution in [2.45, 2.75) is 4.90 Å². The summed E-state index contributed by atoms with van der Waals surface area (Å²) in [5.74, 6) is -0.482. The lowest BCUT2D eigenvalue weighted by molar-refractivity contribution is 0.596. The van der Waals surface area contributed by atoms with Crippen molar-refractivity contribution in [1.29, 1.82) is 0 Å². The lowest BCUT2D eigenvalue weighted by Crippen LogP contribution is -2.11. The highest BCUT2D eigenvalue weighted by molar-refractivity contribution is 7.98. The van der Waals surface area contributed by atoms with Crippen LogP contribution in [0.3, 0.4) is 0 Å². The first kappa shape index (κ1) is 12.1. The molecule has 0 bridgehead atoms. The minimum Gasteiger partial charge on any atom is -0.399 e. The summed E-state index contributed by atoms with van der Waals surface area (Å²) in [6.07, 6.45) is 2.36. The monoisotopic (exact) mass is 273 g/mol. The molecule has 0 radical (unpaired) electrons. The normalized spacial score (nSPS) is 17.6. The molecule has 17 heavy (non-hydrogen) atoms. The number of fused-ring (bicyclic) bond motifs is 1. The minimum absolute atomic E-state index is 0.0967. The van der Waals surface area contributed by atoms with Gasteiger partial charge in [-0.05, 0) is 29.8 Å². The molecule has 0 saturated heterocycles. The van der Waals surface area contributed by atoms with Gasteiger partial charge in [-0.15, -0.1) is 0 Å². The number of benzene rings is 1. The molecular formula is C10H11NO4S2. The van der Waals surface area contributed by atoms with Crippen molar-refractivity contribution in [3.63, 3.8) is 0 Å². The van der Waals surface area contributed by atoms with Gasteiger partial charge in [-0.3, -0.25) is 0 Å². The van der Waals surface area contributed by atoms with Crippen molar-refractivity contribution < 1.29 is 16.8 Å². The van der Waals surface area contributed by atoms with Gasteiger partial charge in [0.25, 0.3) is 0 Å². The topological polar surface area (TPSA) is 94.3 Å². The zero-order valence-electron chi connectivity index (χ0n) is 9.04. The van der Waals surface area contributed by atoms with Gasteiger partial charge < -0.3 is 5.73 Å². The summed E-state index contributed by atoms with van der Waals surface area (Å²) in [4.78, 5) is 0.0194. The fourth-order valence-electron chi connectivity index (χ4n) is 1.69. The van der Waals surface area contributed by atoms with E-state index in [9.17, 15) is 16.8 Å². The van der Waals surface area contributed by atoms with E-state index >= 15 is 0 Å². The fraction of sp³-hybridized carbons (Fsp3) is 0.200. The molecule has 1 aromatic rings. The van der Waals surface area contributed by atoms with Crippen LogP contribution in [0.2, 0.25) is 0 Å². The van der Waals surface area contributed by atoms with E-state index in [-0.39, 0.29) is 9.80 Å². The molecule has 2 N–H and O–H groups in total. The summed E-state index contributed by atoms with van der Waals surface area (Å²) in [5.41, 5.74) is 6.44. The molecule has 0 amide bonds. The van der Waals surface area contributed by atoms with Gasteiger partial charge in [0.05, 0.1) is 15.6 Å². The van der Waals surface area contributed by atoms with Crippen LogP contribution in [0.4, 0.5) is 5.69 Å². The Kier molecular flexibility index (Phi) is 2.55. The van der Waals surface area contributed by atoms with Crippen LogP contribution >= 0.6 is 0 Å². The number of hydrogen-bond acceptors (Lipinski definition) is 5. The van der Waals surface area contributed by atoms with E-state index in [1.165, 1.54) is 24.3 Å². The van der Waals surface area contributed by atoms with E-state index in [4.69, 9.17) is 5.73 Å². The van der Waals surface area contributed by atoms with E-state index in [1.807, 2.05) is 0 Å². The highest BCUT2D eigenvalue weighted by atomic mass is 32.2. The first-order chi connectivity index (χ1) is 7.70. The highest BCUT2D eigenvalue weighted by Gasteiger charge is 2.31. The van der Waals surface area contributed by atoms with E-state index in [2.05, 4.69) is 0 Å². The third kappa shape index (κ3) is 2.20. The van der Waals surface area contributed by atoms with Gasteiger partial charge in [0, 0.05) is 11.9 Å². The lowest BCUT2D eigenvalue weighted by Gasteiger charge is -2.02. The SMILES string of the molecule is CS(=O)(=O)CC1=Cc2cc(N)ccc2S1(=O)=O. The zero-order chi connectivity index (χ0) is 12.8. The molecule has 7 heteroatoms. The maximum atomic E-state index is 12.0. The third-order valence-electron chi connectivity index (χ3n) is 2.39. The van der Waals surface area contributed by atoms with Crippen LogP contribution < -0.4 is 5.73 Å². The Labute approximate surface area is 99.8 Å². The van der Waals surface area contributed by atoms with E-state index in [0.717, 1.165) is 6.26 Å². The minimum atomic E-state index is -3.67. The van der Waals surface area contributed by atoms with Crippen LogP contribution in [0.25, 0.3) is 6.08 Å². The largest absolute Gasteiger partial charge is 0.399 e. The van der Waals surface area contributed by atoms with E-state index in [0.29, 0.717) is 11.3 Å². The van der Waals surface area contributed by atoms with E-state index < -0.39 is 25.4 Å². The average molecular weight is 273 g/mol. The Morgan fingerprint density at radius 2 is 1.94 bits per heavy atom. The van der Waals surface area contributed by atoms with Crippen molar-refractivity contribution in [3.8, 4) is 0 Å². The molecule has 1 heterocycles. The van der Waals surface area contributed by atoms with E-state index in [1.54, 1.807) is 0 Å². The number of hydrogen-bond donors (Lipinski definition) is 1. The molecule has 0 spiro atoms. The van der Waals surface area contributed by atoms with Crippen molar-refractivity contribution in [2.24, 2.45) is 0 Å². The Bertz CT molecular complexity index is 715. The predicted octanol–water partition coefficient (Wildman–Crippen LogP) is 0.442. The van der Waals surface area contributed by atoms with Crippen LogP contribution in [-0.4, -0.2) is 28.8 Å². The molecule has 2 rings (SSSR count). The van der Waals surface area contributed by atoms with Gasteiger partial charge in [0.2, 0.25) is 9.84 Å². The summed E-state index contributed by atoms with van der Waals surface area (Å²) in [6.45, 7) is 0. The molecule has 1 aliphatic heterocycles. The summed E-state index contributed by atoms with van der Waals surface area (Å²) in [5, 5.41) is 0. The number of rotatable bonds is 2. The summed E-state index contributed by atoms with van der Waals surface area (Å²) in [6, 6.07) is 4.39. The Balaban J connectivity index is 2.58. The van der Waals surface area contributed by atoms with Crippen LogP contribution in [-0.2, 0) is 19.7 Å². The second-order valence-electron chi connectivity index (χ2n) is 3.98. The van der Waals surface area contributed by atoms with Crippen molar-refractivity contribution in [1.82, 2.24) is 0 Å². The average Bonchev–Trinajstić information content (AvgIpc) is 2.35. The molecule has 5 nitrogen and oxygen atoms in total. The van der Waals surface area contributed by atoms with Gasteiger partial charge in [-0.25, -0.2) is 16.8 Å². The molecule has 1 aliphatic rings. The predicted molar refractivity (Wildman–Crippen MR) is 65.7 cm³/mol. The summed E-state index contributed by atoms with van der Waals surface area (Å²) >= 11 is 0. The van der Waals surface area contributed by atoms with Crippen LogP contribution in [0.1, 0.15) is 5.56 Å². The Morgan fingerprint density at radius 3 is 2.53 bits per heavy atom. The smallest absolute Gasteiger partial charge is 0.204 e. The molecule has 0 aliphatic carbocycles. The first-order valence-electron chi connectivity index (χ1n) is 4.73. The molecule has 92 valence electrons. The number of anilines is 1. The Morgan fingerprint density at radius 1 is 1.29 bits per heavy atom. The standard InChI is InChI=1S/C10H11NO4S2/c1-16(12,13)6-9-5-7-4-8(11)2-3-10(7)17(9,14)15/h2-5H,6,11H2,1H3. The lowest BCUT2D eigenvalue weighted by atomic mass is 10.2. The number of sulfone groups is 2. The maximum Gasteiger partial charge on any atom is 0.204 e. The van der Waals surface area contributed by atoms with Gasteiger partial charge in [0.1, 0.15) is 0 Å². The van der Waals surface area contributed by atoms with Gasteiger partial charge in [0.15, 0.2) is 9.84 Å². The maximum absolute atomic E-state index is 12.0.